The van der Waals surface area contributed by atoms with Crippen LogP contribution in [-0.2, 0) is 6.61 Å². The summed E-state index contributed by atoms with van der Waals surface area (Å²) in [6.07, 6.45) is 1.73. The molecule has 0 aliphatic heterocycles. The maximum absolute atomic E-state index is 13.4. The lowest BCUT2D eigenvalue weighted by atomic mass is 10.2. The normalized spacial score (nSPS) is 11.1. The second-order valence-corrected chi connectivity index (χ2v) is 8.04. The molecule has 6 heteroatoms. The summed E-state index contributed by atoms with van der Waals surface area (Å²) in [5.74, 6) is 0.343. The highest BCUT2D eigenvalue weighted by Gasteiger charge is 2.10. The van der Waals surface area contributed by atoms with Gasteiger partial charge in [-0.15, -0.1) is 0 Å². The topological polar surface area (TPSA) is 21.6 Å². The monoisotopic (exact) mass is 509 g/mol. The molecule has 0 atom stereocenters. The molecule has 3 aromatic carbocycles. The Kier molecular flexibility index (Phi) is 6.68. The van der Waals surface area contributed by atoms with Crippen molar-refractivity contribution in [3.8, 4) is 5.75 Å². The van der Waals surface area contributed by atoms with E-state index < -0.39 is 0 Å². The Bertz CT molecular complexity index is 1010. The first-order chi connectivity index (χ1) is 12.9. The van der Waals surface area contributed by atoms with Crippen molar-refractivity contribution in [3.05, 3.63) is 91.1 Å². The Labute approximate surface area is 179 Å². The summed E-state index contributed by atoms with van der Waals surface area (Å²) in [5, 5.41) is 0.669. The molecule has 138 valence electrons. The number of hydrogen-bond acceptors (Lipinski definition) is 2. The molecule has 3 aromatic rings. The molecule has 0 bridgehead atoms. The lowest BCUT2D eigenvalue weighted by Crippen LogP contribution is -2.00. The SMILES string of the molecule is Cc1c(Cl)cccc1N=Cc1cc(Br)cc(Br)c1OCc1cccc(F)c1. The number of halogens is 4. The van der Waals surface area contributed by atoms with Gasteiger partial charge in [-0.25, -0.2) is 4.39 Å². The van der Waals surface area contributed by atoms with E-state index in [9.17, 15) is 4.39 Å². The van der Waals surface area contributed by atoms with Crippen LogP contribution in [0.2, 0.25) is 5.02 Å². The highest BCUT2D eigenvalue weighted by Crippen LogP contribution is 2.33. The van der Waals surface area contributed by atoms with Crippen LogP contribution in [0.4, 0.5) is 10.1 Å². The summed E-state index contributed by atoms with van der Waals surface area (Å²) < 4.78 is 21.0. The largest absolute Gasteiger partial charge is 0.487 e. The van der Waals surface area contributed by atoms with Crippen molar-refractivity contribution in [1.29, 1.82) is 0 Å². The third-order valence-corrected chi connectivity index (χ3v) is 5.35. The van der Waals surface area contributed by atoms with Crippen LogP contribution in [0.1, 0.15) is 16.7 Å². The molecule has 0 heterocycles. The zero-order valence-electron chi connectivity index (χ0n) is 14.3. The molecule has 0 aliphatic carbocycles. The molecule has 0 unspecified atom stereocenters. The maximum atomic E-state index is 13.4. The van der Waals surface area contributed by atoms with Gasteiger partial charge in [0.25, 0.3) is 0 Å². The molecule has 0 saturated heterocycles. The van der Waals surface area contributed by atoms with Crippen LogP contribution in [-0.4, -0.2) is 6.21 Å². The first-order valence-electron chi connectivity index (χ1n) is 8.09. The number of nitrogens with zero attached hydrogens (tertiary/aromatic N) is 1. The molecule has 0 saturated carbocycles. The van der Waals surface area contributed by atoms with Crippen molar-refractivity contribution in [1.82, 2.24) is 0 Å². The van der Waals surface area contributed by atoms with Crippen LogP contribution in [0.25, 0.3) is 0 Å². The predicted molar refractivity (Wildman–Crippen MR) is 116 cm³/mol. The fourth-order valence-electron chi connectivity index (χ4n) is 2.49. The van der Waals surface area contributed by atoms with E-state index in [-0.39, 0.29) is 12.4 Å². The molecule has 0 spiro atoms. The molecule has 0 amide bonds. The third kappa shape index (κ3) is 5.18. The number of rotatable bonds is 5. The minimum Gasteiger partial charge on any atom is -0.487 e. The van der Waals surface area contributed by atoms with Crippen LogP contribution >= 0.6 is 43.5 Å². The van der Waals surface area contributed by atoms with E-state index in [1.807, 2.05) is 43.3 Å². The fourth-order valence-corrected chi connectivity index (χ4v) is 4.03. The summed E-state index contributed by atoms with van der Waals surface area (Å²) in [4.78, 5) is 4.56. The molecular formula is C21H15Br2ClFNO. The minimum absolute atomic E-state index is 0.245. The molecule has 0 N–H and O–H groups in total. The summed E-state index contributed by atoms with van der Waals surface area (Å²) in [7, 11) is 0. The van der Waals surface area contributed by atoms with Gasteiger partial charge in [0.05, 0.1) is 10.2 Å². The quantitative estimate of drug-likeness (QED) is 0.323. The van der Waals surface area contributed by atoms with Gasteiger partial charge in [0.15, 0.2) is 0 Å². The average molecular weight is 512 g/mol. The van der Waals surface area contributed by atoms with E-state index in [1.54, 1.807) is 12.3 Å². The number of benzene rings is 3. The van der Waals surface area contributed by atoms with Gasteiger partial charge in [-0.2, -0.15) is 0 Å². The lowest BCUT2D eigenvalue weighted by molar-refractivity contribution is 0.303. The fraction of sp³-hybridized carbons (Fsp3) is 0.0952. The van der Waals surface area contributed by atoms with E-state index in [1.165, 1.54) is 12.1 Å². The highest BCUT2D eigenvalue weighted by atomic mass is 79.9. The van der Waals surface area contributed by atoms with E-state index in [0.717, 1.165) is 31.3 Å². The summed E-state index contributed by atoms with van der Waals surface area (Å²) >= 11 is 13.2. The number of aliphatic imine (C=N–C) groups is 1. The van der Waals surface area contributed by atoms with Gasteiger partial charge in [0.1, 0.15) is 18.2 Å². The Morgan fingerprint density at radius 3 is 2.67 bits per heavy atom. The first kappa shape index (κ1) is 20.1. The molecule has 0 radical (unpaired) electrons. The number of hydrogen-bond donors (Lipinski definition) is 0. The Morgan fingerprint density at radius 1 is 1.11 bits per heavy atom. The van der Waals surface area contributed by atoms with Gasteiger partial charge in [-0.05, 0) is 70.4 Å². The van der Waals surface area contributed by atoms with E-state index in [0.29, 0.717) is 10.8 Å². The second kappa shape index (κ2) is 9.00. The summed E-state index contributed by atoms with van der Waals surface area (Å²) in [6.45, 7) is 2.17. The van der Waals surface area contributed by atoms with Crippen molar-refractivity contribution in [2.24, 2.45) is 4.99 Å². The standard InChI is InChI=1S/C21H15Br2ClFNO/c1-13-19(24)6-3-7-20(13)26-11-15-9-16(22)10-18(23)21(15)27-12-14-4-2-5-17(25)8-14/h2-11H,12H2,1H3. The van der Waals surface area contributed by atoms with Crippen LogP contribution in [0.3, 0.4) is 0 Å². The van der Waals surface area contributed by atoms with Crippen LogP contribution in [0.5, 0.6) is 5.75 Å². The third-order valence-electron chi connectivity index (χ3n) is 3.89. The van der Waals surface area contributed by atoms with Crippen LogP contribution < -0.4 is 4.74 Å². The maximum Gasteiger partial charge on any atom is 0.142 e. The summed E-state index contributed by atoms with van der Waals surface area (Å²) in [5.41, 5.74) is 3.23. The molecule has 0 aliphatic rings. The van der Waals surface area contributed by atoms with Crippen LogP contribution in [0.15, 0.2) is 68.5 Å². The zero-order chi connectivity index (χ0) is 19.4. The molecule has 3 rings (SSSR count). The second-order valence-electron chi connectivity index (χ2n) is 5.87. The van der Waals surface area contributed by atoms with Gasteiger partial charge in [-0.1, -0.05) is 45.7 Å². The van der Waals surface area contributed by atoms with Gasteiger partial charge in [0, 0.05) is 21.3 Å². The number of ether oxygens (including phenoxy) is 1. The van der Waals surface area contributed by atoms with Gasteiger partial charge < -0.3 is 4.74 Å². The van der Waals surface area contributed by atoms with E-state index in [4.69, 9.17) is 16.3 Å². The lowest BCUT2D eigenvalue weighted by Gasteiger charge is -2.12. The Balaban J connectivity index is 1.90. The van der Waals surface area contributed by atoms with E-state index in [2.05, 4.69) is 36.9 Å². The Morgan fingerprint density at radius 2 is 1.89 bits per heavy atom. The van der Waals surface area contributed by atoms with E-state index >= 15 is 0 Å². The summed E-state index contributed by atoms with van der Waals surface area (Å²) in [6, 6.07) is 15.7. The van der Waals surface area contributed by atoms with Gasteiger partial charge in [-0.3, -0.25) is 4.99 Å². The van der Waals surface area contributed by atoms with Crippen molar-refractivity contribution in [2.45, 2.75) is 13.5 Å². The van der Waals surface area contributed by atoms with Crippen molar-refractivity contribution in [3.63, 3.8) is 0 Å². The Hall–Kier alpha value is -1.69. The molecule has 2 nitrogen and oxygen atoms in total. The molecular weight excluding hydrogens is 496 g/mol. The average Bonchev–Trinajstić information content (AvgIpc) is 2.62. The van der Waals surface area contributed by atoms with Gasteiger partial charge >= 0.3 is 0 Å². The van der Waals surface area contributed by atoms with Crippen molar-refractivity contribution < 1.29 is 9.13 Å². The molecule has 0 aromatic heterocycles. The first-order valence-corrected chi connectivity index (χ1v) is 10.1. The van der Waals surface area contributed by atoms with Crippen molar-refractivity contribution >= 4 is 55.4 Å². The minimum atomic E-state index is -0.288. The highest BCUT2D eigenvalue weighted by molar-refractivity contribution is 9.11. The smallest absolute Gasteiger partial charge is 0.142 e. The predicted octanol–water partition coefficient (Wildman–Crippen LogP) is 7.64. The van der Waals surface area contributed by atoms with Crippen molar-refractivity contribution in [2.75, 3.05) is 0 Å². The molecule has 27 heavy (non-hydrogen) atoms. The zero-order valence-corrected chi connectivity index (χ0v) is 18.3. The van der Waals surface area contributed by atoms with Crippen LogP contribution in [0, 0.1) is 12.7 Å². The van der Waals surface area contributed by atoms with Gasteiger partial charge in [0.2, 0.25) is 0 Å². The molecule has 0 fully saturated rings.